The molecule has 4 rings (SSSR count). The Hall–Kier alpha value is -2.83. The van der Waals surface area contributed by atoms with E-state index in [1.165, 1.54) is 0 Å². The molecule has 4 aromatic rings. The number of fused-ring (bicyclic) bond motifs is 3. The minimum Gasteiger partial charge on any atom is -0.450 e. The van der Waals surface area contributed by atoms with Crippen molar-refractivity contribution in [3.8, 4) is 5.69 Å². The highest BCUT2D eigenvalue weighted by atomic mass is 35.5. The fourth-order valence-electron chi connectivity index (χ4n) is 3.26. The third-order valence-corrected chi connectivity index (χ3v) is 4.81. The van der Waals surface area contributed by atoms with Gasteiger partial charge >= 0.3 is 5.69 Å². The Labute approximate surface area is 167 Å². The summed E-state index contributed by atoms with van der Waals surface area (Å²) < 4.78 is 7.67. The van der Waals surface area contributed by atoms with E-state index in [2.05, 4.69) is 15.2 Å². The van der Waals surface area contributed by atoms with E-state index in [1.807, 2.05) is 57.4 Å². The number of furan rings is 1. The lowest BCUT2D eigenvalue weighted by Crippen LogP contribution is -2.25. The van der Waals surface area contributed by atoms with Crippen LogP contribution in [0.15, 0.2) is 51.7 Å². The number of benzene rings is 2. The van der Waals surface area contributed by atoms with Crippen LogP contribution in [0.4, 0.5) is 5.82 Å². The standard InChI is InChI=1S/C21H21ClN4O2/c1-13-5-4-6-15(11-13)26-18-16-12-14(22)7-8-17(16)28-19(18)20(24-21(26)27)23-9-10-25(2)3/h4-8,11-12H,9-10H2,1-3H3,(H,23,24,27). The van der Waals surface area contributed by atoms with Crippen molar-refractivity contribution in [1.29, 1.82) is 0 Å². The molecule has 0 aliphatic carbocycles. The van der Waals surface area contributed by atoms with Gasteiger partial charge in [0.2, 0.25) is 0 Å². The predicted octanol–water partition coefficient (Wildman–Crippen LogP) is 4.07. The van der Waals surface area contributed by atoms with Crippen molar-refractivity contribution in [2.24, 2.45) is 0 Å². The summed E-state index contributed by atoms with van der Waals surface area (Å²) in [5.74, 6) is 0.443. The highest BCUT2D eigenvalue weighted by molar-refractivity contribution is 6.31. The van der Waals surface area contributed by atoms with Gasteiger partial charge < -0.3 is 14.6 Å². The second-order valence-electron chi connectivity index (χ2n) is 7.07. The maximum atomic E-state index is 13.0. The van der Waals surface area contributed by atoms with E-state index in [4.69, 9.17) is 16.0 Å². The molecule has 0 spiro atoms. The van der Waals surface area contributed by atoms with Crippen molar-refractivity contribution in [3.05, 3.63) is 63.5 Å². The molecule has 0 aliphatic heterocycles. The summed E-state index contributed by atoms with van der Waals surface area (Å²) in [5.41, 5.74) is 3.28. The average molecular weight is 397 g/mol. The third-order valence-electron chi connectivity index (χ3n) is 4.57. The molecule has 2 aromatic heterocycles. The van der Waals surface area contributed by atoms with Crippen LogP contribution in [-0.2, 0) is 0 Å². The van der Waals surface area contributed by atoms with Gasteiger partial charge in [0.15, 0.2) is 11.4 Å². The summed E-state index contributed by atoms with van der Waals surface area (Å²) in [6.45, 7) is 3.43. The monoisotopic (exact) mass is 396 g/mol. The highest BCUT2D eigenvalue weighted by Gasteiger charge is 2.19. The molecule has 6 nitrogen and oxygen atoms in total. The van der Waals surface area contributed by atoms with Crippen molar-refractivity contribution >= 4 is 39.5 Å². The van der Waals surface area contributed by atoms with Crippen molar-refractivity contribution in [2.75, 3.05) is 32.5 Å². The zero-order chi connectivity index (χ0) is 19.8. The van der Waals surface area contributed by atoms with Gasteiger partial charge in [-0.2, -0.15) is 4.98 Å². The van der Waals surface area contributed by atoms with E-state index < -0.39 is 0 Å². The topological polar surface area (TPSA) is 63.3 Å². The number of hydrogen-bond acceptors (Lipinski definition) is 5. The van der Waals surface area contributed by atoms with Crippen LogP contribution in [0.1, 0.15) is 5.56 Å². The second-order valence-corrected chi connectivity index (χ2v) is 7.50. The molecule has 0 amide bonds. The van der Waals surface area contributed by atoms with Gasteiger partial charge in [-0.15, -0.1) is 0 Å². The molecule has 0 bridgehead atoms. The Kier molecular flexibility index (Phi) is 4.83. The molecule has 0 unspecified atom stereocenters. The molecule has 28 heavy (non-hydrogen) atoms. The van der Waals surface area contributed by atoms with Crippen LogP contribution in [0.3, 0.4) is 0 Å². The molecule has 2 heterocycles. The third kappa shape index (κ3) is 3.37. The SMILES string of the molecule is Cc1cccc(-n2c(=O)nc(NCCN(C)C)c3oc4ccc(Cl)cc4c32)c1. The number of rotatable bonds is 5. The molecule has 0 radical (unpaired) electrons. The zero-order valence-electron chi connectivity index (χ0n) is 16.0. The van der Waals surface area contributed by atoms with E-state index in [0.29, 0.717) is 34.1 Å². The second kappa shape index (κ2) is 7.30. The van der Waals surface area contributed by atoms with Gasteiger partial charge in [-0.3, -0.25) is 4.57 Å². The molecule has 0 saturated heterocycles. The van der Waals surface area contributed by atoms with Crippen LogP contribution in [0.5, 0.6) is 0 Å². The molecular formula is C21H21ClN4O2. The summed E-state index contributed by atoms with van der Waals surface area (Å²) in [6.07, 6.45) is 0. The Bertz CT molecular complexity index is 1230. The van der Waals surface area contributed by atoms with Crippen molar-refractivity contribution < 1.29 is 4.42 Å². The Morgan fingerprint density at radius 2 is 2.04 bits per heavy atom. The molecule has 0 atom stereocenters. The quantitative estimate of drug-likeness (QED) is 0.551. The molecule has 0 fully saturated rings. The van der Waals surface area contributed by atoms with Crippen LogP contribution in [-0.4, -0.2) is 41.6 Å². The van der Waals surface area contributed by atoms with Crippen molar-refractivity contribution in [2.45, 2.75) is 6.92 Å². The van der Waals surface area contributed by atoms with Crippen molar-refractivity contribution in [3.63, 3.8) is 0 Å². The number of nitrogens with zero attached hydrogens (tertiary/aromatic N) is 3. The van der Waals surface area contributed by atoms with Crippen LogP contribution in [0.25, 0.3) is 27.8 Å². The Balaban J connectivity index is 2.01. The van der Waals surface area contributed by atoms with Gasteiger partial charge in [0.25, 0.3) is 0 Å². The molecular weight excluding hydrogens is 376 g/mol. The number of nitrogens with one attached hydrogen (secondary N) is 1. The summed E-state index contributed by atoms with van der Waals surface area (Å²) in [5, 5.41) is 4.59. The number of likely N-dealkylation sites (N-methyl/N-ethyl adjacent to an activating group) is 1. The summed E-state index contributed by atoms with van der Waals surface area (Å²) >= 11 is 6.23. The highest BCUT2D eigenvalue weighted by Crippen LogP contribution is 2.34. The average Bonchev–Trinajstić information content (AvgIpc) is 3.00. The van der Waals surface area contributed by atoms with Gasteiger partial charge in [0, 0.05) is 23.5 Å². The van der Waals surface area contributed by atoms with E-state index in [0.717, 1.165) is 23.2 Å². The van der Waals surface area contributed by atoms with Crippen LogP contribution in [0, 0.1) is 6.92 Å². The fraction of sp³-hybridized carbons (Fsp3) is 0.238. The number of aryl methyl sites for hydroxylation is 1. The zero-order valence-corrected chi connectivity index (χ0v) is 16.7. The minimum absolute atomic E-state index is 0.367. The van der Waals surface area contributed by atoms with Crippen LogP contribution < -0.4 is 11.0 Å². The Morgan fingerprint density at radius 3 is 2.79 bits per heavy atom. The first-order chi connectivity index (χ1) is 13.4. The lowest BCUT2D eigenvalue weighted by Gasteiger charge is -2.13. The summed E-state index contributed by atoms with van der Waals surface area (Å²) in [4.78, 5) is 19.3. The van der Waals surface area contributed by atoms with Gasteiger partial charge in [-0.25, -0.2) is 4.79 Å². The van der Waals surface area contributed by atoms with Gasteiger partial charge in [0.05, 0.1) is 5.69 Å². The van der Waals surface area contributed by atoms with E-state index >= 15 is 0 Å². The van der Waals surface area contributed by atoms with E-state index in [-0.39, 0.29) is 5.69 Å². The normalized spacial score (nSPS) is 11.6. The Morgan fingerprint density at radius 1 is 1.21 bits per heavy atom. The summed E-state index contributed by atoms with van der Waals surface area (Å²) in [6, 6.07) is 13.1. The first-order valence-corrected chi connectivity index (χ1v) is 9.42. The van der Waals surface area contributed by atoms with Crippen LogP contribution >= 0.6 is 11.6 Å². The van der Waals surface area contributed by atoms with E-state index in [1.54, 1.807) is 10.6 Å². The number of halogens is 1. The molecule has 144 valence electrons. The predicted molar refractivity (Wildman–Crippen MR) is 114 cm³/mol. The smallest absolute Gasteiger partial charge is 0.354 e. The molecule has 0 saturated carbocycles. The molecule has 1 N–H and O–H groups in total. The van der Waals surface area contributed by atoms with Crippen molar-refractivity contribution in [1.82, 2.24) is 14.5 Å². The number of anilines is 1. The van der Waals surface area contributed by atoms with E-state index in [9.17, 15) is 4.79 Å². The van der Waals surface area contributed by atoms with Gasteiger partial charge in [-0.05, 0) is 56.9 Å². The van der Waals surface area contributed by atoms with Crippen LogP contribution in [0.2, 0.25) is 5.02 Å². The first-order valence-electron chi connectivity index (χ1n) is 9.04. The summed E-state index contributed by atoms with van der Waals surface area (Å²) in [7, 11) is 3.98. The number of hydrogen-bond donors (Lipinski definition) is 1. The lowest BCUT2D eigenvalue weighted by molar-refractivity contribution is 0.425. The molecule has 7 heteroatoms. The maximum Gasteiger partial charge on any atom is 0.354 e. The molecule has 0 aliphatic rings. The molecule has 2 aromatic carbocycles. The minimum atomic E-state index is -0.367. The largest absolute Gasteiger partial charge is 0.450 e. The van der Waals surface area contributed by atoms with Gasteiger partial charge in [0.1, 0.15) is 11.1 Å². The number of aromatic nitrogens is 2. The first kappa shape index (κ1) is 18.5. The van der Waals surface area contributed by atoms with Gasteiger partial charge in [-0.1, -0.05) is 23.7 Å². The fourth-order valence-corrected chi connectivity index (χ4v) is 3.43. The lowest BCUT2D eigenvalue weighted by atomic mass is 10.2. The maximum absolute atomic E-state index is 13.0.